The van der Waals surface area contributed by atoms with Crippen molar-refractivity contribution in [3.63, 3.8) is 0 Å². The number of phenolic OH excluding ortho intramolecular Hbond substituents is 1. The third-order valence-corrected chi connectivity index (χ3v) is 4.02. The molecule has 25 heavy (non-hydrogen) atoms. The van der Waals surface area contributed by atoms with Crippen molar-refractivity contribution in [1.29, 1.82) is 0 Å². The van der Waals surface area contributed by atoms with Gasteiger partial charge in [-0.05, 0) is 39.0 Å². The summed E-state index contributed by atoms with van der Waals surface area (Å²) < 4.78 is 5.00. The Hall–Kier alpha value is -2.82. The van der Waals surface area contributed by atoms with Crippen LogP contribution in [0.4, 0.5) is 5.69 Å². The van der Waals surface area contributed by atoms with E-state index in [2.05, 4.69) is 4.90 Å². The first-order valence-electron chi connectivity index (χ1n) is 8.42. The maximum Gasteiger partial charge on any atom is 0.338 e. The molecule has 2 aromatic rings. The first-order chi connectivity index (χ1) is 12.0. The molecule has 0 aliphatic rings. The fourth-order valence-electron chi connectivity index (χ4n) is 2.71. The van der Waals surface area contributed by atoms with Crippen LogP contribution >= 0.6 is 0 Å². The highest BCUT2D eigenvalue weighted by atomic mass is 16.5. The van der Waals surface area contributed by atoms with E-state index in [1.54, 1.807) is 49.4 Å². The van der Waals surface area contributed by atoms with E-state index in [-0.39, 0.29) is 29.0 Å². The van der Waals surface area contributed by atoms with Crippen molar-refractivity contribution < 1.29 is 19.4 Å². The zero-order valence-corrected chi connectivity index (χ0v) is 14.8. The van der Waals surface area contributed by atoms with Gasteiger partial charge in [-0.3, -0.25) is 4.79 Å². The molecule has 0 radical (unpaired) electrons. The van der Waals surface area contributed by atoms with Crippen molar-refractivity contribution in [1.82, 2.24) is 0 Å². The van der Waals surface area contributed by atoms with Gasteiger partial charge in [0.05, 0.1) is 17.7 Å². The lowest BCUT2D eigenvalue weighted by Gasteiger charge is -2.21. The van der Waals surface area contributed by atoms with Gasteiger partial charge in [0.2, 0.25) is 0 Å². The third kappa shape index (κ3) is 3.99. The average molecular weight is 341 g/mol. The van der Waals surface area contributed by atoms with Crippen molar-refractivity contribution in [2.24, 2.45) is 0 Å². The first-order valence-corrected chi connectivity index (χ1v) is 8.42. The maximum atomic E-state index is 12.8. The summed E-state index contributed by atoms with van der Waals surface area (Å²) in [6.07, 6.45) is 0. The van der Waals surface area contributed by atoms with Crippen molar-refractivity contribution in [2.45, 2.75) is 20.8 Å². The average Bonchev–Trinajstić information content (AvgIpc) is 2.62. The van der Waals surface area contributed by atoms with E-state index in [9.17, 15) is 14.7 Å². The van der Waals surface area contributed by atoms with Gasteiger partial charge < -0.3 is 14.7 Å². The second-order valence-corrected chi connectivity index (χ2v) is 5.47. The SMILES string of the molecule is CCOC(=O)c1ccccc1C(=O)c1ccc(N(CC)CC)cc1O. The summed E-state index contributed by atoms with van der Waals surface area (Å²) in [7, 11) is 0. The van der Waals surface area contributed by atoms with E-state index in [1.807, 2.05) is 13.8 Å². The van der Waals surface area contributed by atoms with Gasteiger partial charge in [0, 0.05) is 30.4 Å². The van der Waals surface area contributed by atoms with Crippen molar-refractivity contribution in [3.05, 3.63) is 59.2 Å². The summed E-state index contributed by atoms with van der Waals surface area (Å²) >= 11 is 0. The van der Waals surface area contributed by atoms with Gasteiger partial charge in [-0.15, -0.1) is 0 Å². The Bertz CT molecular complexity index is 766. The molecule has 1 N–H and O–H groups in total. The third-order valence-electron chi connectivity index (χ3n) is 4.02. The molecule has 0 fully saturated rings. The molecule has 0 saturated carbocycles. The van der Waals surface area contributed by atoms with E-state index >= 15 is 0 Å². The van der Waals surface area contributed by atoms with Crippen LogP contribution < -0.4 is 4.90 Å². The highest BCUT2D eigenvalue weighted by Gasteiger charge is 2.21. The van der Waals surface area contributed by atoms with Crippen molar-refractivity contribution >= 4 is 17.4 Å². The Morgan fingerprint density at radius 2 is 1.60 bits per heavy atom. The van der Waals surface area contributed by atoms with Gasteiger partial charge in [0.15, 0.2) is 5.78 Å². The quantitative estimate of drug-likeness (QED) is 0.615. The molecule has 0 saturated heterocycles. The molecule has 0 heterocycles. The van der Waals surface area contributed by atoms with E-state index in [0.717, 1.165) is 18.8 Å². The summed E-state index contributed by atoms with van der Waals surface area (Å²) in [5, 5.41) is 10.3. The Labute approximate surface area is 147 Å². The van der Waals surface area contributed by atoms with Crippen molar-refractivity contribution in [3.8, 4) is 5.75 Å². The second kappa shape index (κ2) is 8.33. The predicted molar refractivity (Wildman–Crippen MR) is 97.5 cm³/mol. The fraction of sp³-hybridized carbons (Fsp3) is 0.300. The summed E-state index contributed by atoms with van der Waals surface area (Å²) in [6.45, 7) is 7.58. The number of ether oxygens (including phenoxy) is 1. The smallest absolute Gasteiger partial charge is 0.338 e. The minimum Gasteiger partial charge on any atom is -0.507 e. The molecule has 0 spiro atoms. The molecule has 2 aromatic carbocycles. The number of phenols is 1. The van der Waals surface area contributed by atoms with Crippen LogP contribution in [0.1, 0.15) is 47.1 Å². The van der Waals surface area contributed by atoms with Gasteiger partial charge >= 0.3 is 5.97 Å². The highest BCUT2D eigenvalue weighted by molar-refractivity contribution is 6.15. The van der Waals surface area contributed by atoms with Crippen LogP contribution in [0.3, 0.4) is 0 Å². The molecule has 0 atom stereocenters. The van der Waals surface area contributed by atoms with Crippen LogP contribution in [-0.4, -0.2) is 36.6 Å². The zero-order chi connectivity index (χ0) is 18.4. The molecule has 5 heteroatoms. The lowest BCUT2D eigenvalue weighted by molar-refractivity contribution is 0.0523. The molecule has 0 aromatic heterocycles. The van der Waals surface area contributed by atoms with E-state index in [1.165, 1.54) is 0 Å². The number of hydrogen-bond acceptors (Lipinski definition) is 5. The Morgan fingerprint density at radius 3 is 2.16 bits per heavy atom. The number of esters is 1. The Morgan fingerprint density at radius 1 is 0.960 bits per heavy atom. The molecule has 5 nitrogen and oxygen atoms in total. The second-order valence-electron chi connectivity index (χ2n) is 5.47. The zero-order valence-electron chi connectivity index (χ0n) is 14.8. The normalized spacial score (nSPS) is 10.4. The van der Waals surface area contributed by atoms with Gasteiger partial charge in [-0.1, -0.05) is 18.2 Å². The number of anilines is 1. The number of rotatable bonds is 7. The van der Waals surface area contributed by atoms with Crippen molar-refractivity contribution in [2.75, 3.05) is 24.6 Å². The minimum absolute atomic E-state index is 0.104. The Balaban J connectivity index is 2.40. The Kier molecular flexibility index (Phi) is 6.17. The minimum atomic E-state index is -0.550. The molecule has 0 amide bonds. The highest BCUT2D eigenvalue weighted by Crippen LogP contribution is 2.27. The molecule has 2 rings (SSSR count). The number of carbonyl (C=O) groups excluding carboxylic acids is 2. The lowest BCUT2D eigenvalue weighted by atomic mass is 9.97. The van der Waals surface area contributed by atoms with Crippen LogP contribution in [0.15, 0.2) is 42.5 Å². The topological polar surface area (TPSA) is 66.8 Å². The predicted octanol–water partition coefficient (Wildman–Crippen LogP) is 3.65. The number of benzene rings is 2. The maximum absolute atomic E-state index is 12.8. The number of hydrogen-bond donors (Lipinski definition) is 1. The molecule has 0 unspecified atom stereocenters. The molecule has 132 valence electrons. The molecular weight excluding hydrogens is 318 g/mol. The molecule has 0 aliphatic heterocycles. The van der Waals surface area contributed by atoms with Gasteiger partial charge in [-0.2, -0.15) is 0 Å². The van der Waals surface area contributed by atoms with Crippen LogP contribution in [0.2, 0.25) is 0 Å². The van der Waals surface area contributed by atoms with E-state index in [0.29, 0.717) is 0 Å². The molecular formula is C20H23NO4. The van der Waals surface area contributed by atoms with Crippen LogP contribution in [0.25, 0.3) is 0 Å². The van der Waals surface area contributed by atoms with Gasteiger partial charge in [0.1, 0.15) is 5.75 Å². The van der Waals surface area contributed by atoms with Gasteiger partial charge in [0.25, 0.3) is 0 Å². The van der Waals surface area contributed by atoms with E-state index < -0.39 is 11.8 Å². The van der Waals surface area contributed by atoms with E-state index in [4.69, 9.17) is 4.74 Å². The number of nitrogens with zero attached hydrogens (tertiary/aromatic N) is 1. The number of ketones is 1. The summed E-state index contributed by atoms with van der Waals surface area (Å²) in [6, 6.07) is 11.4. The van der Waals surface area contributed by atoms with Gasteiger partial charge in [-0.25, -0.2) is 4.79 Å². The number of carbonyl (C=O) groups is 2. The van der Waals surface area contributed by atoms with Crippen LogP contribution in [-0.2, 0) is 4.74 Å². The first kappa shape index (κ1) is 18.5. The number of aromatic hydroxyl groups is 1. The molecule has 0 bridgehead atoms. The standard InChI is InChI=1S/C20H23NO4/c1-4-21(5-2)14-11-12-17(18(22)13-14)19(23)15-9-7-8-10-16(15)20(24)25-6-3/h7-13,22H,4-6H2,1-3H3. The van der Waals surface area contributed by atoms with Crippen LogP contribution in [0, 0.1) is 0 Å². The van der Waals surface area contributed by atoms with Crippen LogP contribution in [0.5, 0.6) is 5.75 Å². The summed E-state index contributed by atoms with van der Waals surface area (Å²) in [4.78, 5) is 27.0. The summed E-state index contributed by atoms with van der Waals surface area (Å²) in [5.74, 6) is -1.06. The monoisotopic (exact) mass is 341 g/mol. The summed E-state index contributed by atoms with van der Waals surface area (Å²) in [5.41, 5.74) is 1.42. The largest absolute Gasteiger partial charge is 0.507 e. The fourth-order valence-corrected chi connectivity index (χ4v) is 2.71. The molecule has 0 aliphatic carbocycles. The lowest BCUT2D eigenvalue weighted by Crippen LogP contribution is -2.21.